The maximum Gasteiger partial charge on any atom is 0.133 e. The fourth-order valence-corrected chi connectivity index (χ4v) is 0.984. The maximum absolute atomic E-state index is 12.9. The van der Waals surface area contributed by atoms with E-state index in [1.165, 1.54) is 6.07 Å². The summed E-state index contributed by atoms with van der Waals surface area (Å²) in [7, 11) is 0. The molecule has 11 heavy (non-hydrogen) atoms. The predicted octanol–water partition coefficient (Wildman–Crippen LogP) is 1.77. The number of hydrogen-bond donors (Lipinski definition) is 1. The summed E-state index contributed by atoms with van der Waals surface area (Å²) in [5.74, 6) is -0.358. The summed E-state index contributed by atoms with van der Waals surface area (Å²) < 4.78 is 12.9. The summed E-state index contributed by atoms with van der Waals surface area (Å²) in [6.45, 7) is 1.86. The first-order valence-corrected chi connectivity index (χ1v) is 3.58. The SMILES string of the molecule is Cc1ccc(F)c(C(N)=S)c1. The van der Waals surface area contributed by atoms with E-state index in [1.807, 2.05) is 6.92 Å². The van der Waals surface area contributed by atoms with Gasteiger partial charge in [-0.15, -0.1) is 0 Å². The van der Waals surface area contributed by atoms with Gasteiger partial charge in [-0.1, -0.05) is 23.8 Å². The number of nitrogens with two attached hydrogens (primary N) is 1. The van der Waals surface area contributed by atoms with Gasteiger partial charge >= 0.3 is 0 Å². The molecule has 0 aliphatic heterocycles. The van der Waals surface area contributed by atoms with Gasteiger partial charge in [0, 0.05) is 5.56 Å². The molecule has 0 atom stereocenters. The Morgan fingerprint density at radius 3 is 2.64 bits per heavy atom. The van der Waals surface area contributed by atoms with E-state index in [4.69, 9.17) is 5.73 Å². The van der Waals surface area contributed by atoms with Gasteiger partial charge < -0.3 is 5.73 Å². The van der Waals surface area contributed by atoms with Crippen molar-refractivity contribution in [2.24, 2.45) is 5.73 Å². The van der Waals surface area contributed by atoms with E-state index in [0.29, 0.717) is 5.56 Å². The van der Waals surface area contributed by atoms with Crippen LogP contribution in [-0.2, 0) is 0 Å². The first kappa shape index (κ1) is 8.14. The standard InChI is InChI=1S/C8H8FNS/c1-5-2-3-7(9)6(4-5)8(10)11/h2-4H,1H3,(H2,10,11). The van der Waals surface area contributed by atoms with Crippen molar-refractivity contribution in [2.45, 2.75) is 6.92 Å². The van der Waals surface area contributed by atoms with Gasteiger partial charge in [0.2, 0.25) is 0 Å². The Kier molecular flexibility index (Phi) is 2.19. The van der Waals surface area contributed by atoms with Gasteiger partial charge in [0.1, 0.15) is 10.8 Å². The monoisotopic (exact) mass is 169 g/mol. The van der Waals surface area contributed by atoms with Crippen molar-refractivity contribution in [2.75, 3.05) is 0 Å². The van der Waals surface area contributed by atoms with Crippen LogP contribution in [0.25, 0.3) is 0 Å². The van der Waals surface area contributed by atoms with Crippen LogP contribution in [0.4, 0.5) is 4.39 Å². The van der Waals surface area contributed by atoms with E-state index in [9.17, 15) is 4.39 Å². The van der Waals surface area contributed by atoms with Crippen molar-refractivity contribution in [1.29, 1.82) is 0 Å². The summed E-state index contributed by atoms with van der Waals surface area (Å²) in [4.78, 5) is 0.103. The van der Waals surface area contributed by atoms with E-state index >= 15 is 0 Å². The predicted molar refractivity (Wildman–Crippen MR) is 47.0 cm³/mol. The zero-order chi connectivity index (χ0) is 8.43. The molecule has 0 fully saturated rings. The van der Waals surface area contributed by atoms with Gasteiger partial charge in [0.15, 0.2) is 0 Å². The lowest BCUT2D eigenvalue weighted by Crippen LogP contribution is -2.11. The van der Waals surface area contributed by atoms with Gasteiger partial charge in [-0.2, -0.15) is 0 Å². The number of benzene rings is 1. The van der Waals surface area contributed by atoms with E-state index in [1.54, 1.807) is 12.1 Å². The van der Waals surface area contributed by atoms with Crippen molar-refractivity contribution in [3.05, 3.63) is 35.1 Å². The molecule has 0 saturated heterocycles. The quantitative estimate of drug-likeness (QED) is 0.648. The highest BCUT2D eigenvalue weighted by Crippen LogP contribution is 2.09. The Balaban J connectivity index is 3.23. The van der Waals surface area contributed by atoms with E-state index in [2.05, 4.69) is 12.2 Å². The second-order valence-corrected chi connectivity index (χ2v) is 2.79. The number of aryl methyl sites for hydroxylation is 1. The molecule has 1 nitrogen and oxygen atoms in total. The Bertz CT molecular complexity index is 296. The highest BCUT2D eigenvalue weighted by Gasteiger charge is 2.03. The third-order valence-corrected chi connectivity index (χ3v) is 1.61. The number of hydrogen-bond acceptors (Lipinski definition) is 1. The minimum absolute atomic E-state index is 0.103. The third kappa shape index (κ3) is 1.74. The van der Waals surface area contributed by atoms with E-state index in [-0.39, 0.29) is 10.8 Å². The lowest BCUT2D eigenvalue weighted by molar-refractivity contribution is 0.625. The van der Waals surface area contributed by atoms with Crippen LogP contribution >= 0.6 is 12.2 Å². The second-order valence-electron chi connectivity index (χ2n) is 2.35. The van der Waals surface area contributed by atoms with Crippen molar-refractivity contribution in [1.82, 2.24) is 0 Å². The van der Waals surface area contributed by atoms with Crippen LogP contribution in [-0.4, -0.2) is 4.99 Å². The first-order valence-electron chi connectivity index (χ1n) is 3.17. The van der Waals surface area contributed by atoms with Crippen molar-refractivity contribution in [3.63, 3.8) is 0 Å². The zero-order valence-electron chi connectivity index (χ0n) is 6.10. The molecule has 2 N–H and O–H groups in total. The Hall–Kier alpha value is -0.960. The lowest BCUT2D eigenvalue weighted by atomic mass is 10.1. The molecule has 0 bridgehead atoms. The Labute approximate surface area is 70.0 Å². The average Bonchev–Trinajstić information content (AvgIpc) is 1.94. The van der Waals surface area contributed by atoms with Gasteiger partial charge in [-0.25, -0.2) is 4.39 Å². The van der Waals surface area contributed by atoms with Crippen LogP contribution in [0.2, 0.25) is 0 Å². The average molecular weight is 169 g/mol. The van der Waals surface area contributed by atoms with E-state index < -0.39 is 0 Å². The van der Waals surface area contributed by atoms with Gasteiger partial charge in [0.25, 0.3) is 0 Å². The largest absolute Gasteiger partial charge is 0.389 e. The highest BCUT2D eigenvalue weighted by molar-refractivity contribution is 7.80. The summed E-state index contributed by atoms with van der Waals surface area (Å²) >= 11 is 4.65. The van der Waals surface area contributed by atoms with Gasteiger partial charge in [0.05, 0.1) is 0 Å². The normalized spacial score (nSPS) is 9.64. The van der Waals surface area contributed by atoms with Gasteiger partial charge in [-0.05, 0) is 19.1 Å². The molecule has 1 rings (SSSR count). The van der Waals surface area contributed by atoms with Gasteiger partial charge in [-0.3, -0.25) is 0 Å². The Morgan fingerprint density at radius 2 is 2.18 bits per heavy atom. The molecule has 0 aliphatic carbocycles. The molecule has 1 aromatic carbocycles. The van der Waals surface area contributed by atoms with Crippen molar-refractivity contribution in [3.8, 4) is 0 Å². The Morgan fingerprint density at radius 1 is 1.55 bits per heavy atom. The molecule has 0 unspecified atom stereocenters. The van der Waals surface area contributed by atoms with Crippen LogP contribution in [0.3, 0.4) is 0 Å². The topological polar surface area (TPSA) is 26.0 Å². The van der Waals surface area contributed by atoms with Crippen LogP contribution in [0, 0.1) is 12.7 Å². The minimum atomic E-state index is -0.358. The molecule has 0 amide bonds. The molecule has 0 radical (unpaired) electrons. The fraction of sp³-hybridized carbons (Fsp3) is 0.125. The number of halogens is 1. The van der Waals surface area contributed by atoms with E-state index in [0.717, 1.165) is 5.56 Å². The molecule has 0 aliphatic rings. The fourth-order valence-electron chi connectivity index (χ4n) is 0.828. The third-order valence-electron chi connectivity index (χ3n) is 1.39. The molecular formula is C8H8FNS. The molecule has 1 aromatic rings. The highest BCUT2D eigenvalue weighted by atomic mass is 32.1. The van der Waals surface area contributed by atoms with Crippen LogP contribution < -0.4 is 5.73 Å². The van der Waals surface area contributed by atoms with Crippen LogP contribution in [0.15, 0.2) is 18.2 Å². The second kappa shape index (κ2) is 2.96. The summed E-state index contributed by atoms with van der Waals surface area (Å²) in [6, 6.07) is 4.68. The molecular weight excluding hydrogens is 161 g/mol. The summed E-state index contributed by atoms with van der Waals surface area (Å²) in [6.07, 6.45) is 0. The smallest absolute Gasteiger partial charge is 0.133 e. The van der Waals surface area contributed by atoms with Crippen LogP contribution in [0.5, 0.6) is 0 Å². The molecule has 0 saturated carbocycles. The minimum Gasteiger partial charge on any atom is -0.389 e. The maximum atomic E-state index is 12.9. The zero-order valence-corrected chi connectivity index (χ0v) is 6.91. The first-order chi connectivity index (χ1) is 5.11. The number of thiocarbonyl (C=S) groups is 1. The molecule has 3 heteroatoms. The van der Waals surface area contributed by atoms with Crippen LogP contribution in [0.1, 0.15) is 11.1 Å². The summed E-state index contributed by atoms with van der Waals surface area (Å²) in [5.41, 5.74) is 6.55. The summed E-state index contributed by atoms with van der Waals surface area (Å²) in [5, 5.41) is 0. The molecule has 0 heterocycles. The molecule has 58 valence electrons. The molecule has 0 spiro atoms. The molecule has 0 aromatic heterocycles. The van der Waals surface area contributed by atoms with Crippen molar-refractivity contribution >= 4 is 17.2 Å². The number of rotatable bonds is 1. The van der Waals surface area contributed by atoms with Crippen molar-refractivity contribution < 1.29 is 4.39 Å². The lowest BCUT2D eigenvalue weighted by Gasteiger charge is -2.00.